The first-order valence-corrected chi connectivity index (χ1v) is 14.3. The average Bonchev–Trinajstić information content (AvgIpc) is 3.72. The Morgan fingerprint density at radius 2 is 1.70 bits per heavy atom. The minimum absolute atomic E-state index is 0.0335. The highest BCUT2D eigenvalue weighted by Gasteiger charge is 2.36. The molecule has 0 aliphatic carbocycles. The van der Waals surface area contributed by atoms with E-state index in [9.17, 15) is 22.8 Å². The molecule has 6 rings (SSSR count). The van der Waals surface area contributed by atoms with Crippen molar-refractivity contribution in [1.82, 2.24) is 24.5 Å². The van der Waals surface area contributed by atoms with E-state index in [1.165, 1.54) is 6.20 Å². The van der Waals surface area contributed by atoms with E-state index in [4.69, 9.17) is 5.73 Å². The van der Waals surface area contributed by atoms with Gasteiger partial charge in [0.15, 0.2) is 0 Å². The number of anilines is 1. The first-order chi connectivity index (χ1) is 21.1. The third-order valence-electron chi connectivity index (χ3n) is 7.13. The van der Waals surface area contributed by atoms with Gasteiger partial charge < -0.3 is 11.1 Å². The summed E-state index contributed by atoms with van der Waals surface area (Å²) in [6, 6.07) is 19.2. The smallest absolute Gasteiger partial charge is 0.365 e. The molecule has 222 valence electrons. The summed E-state index contributed by atoms with van der Waals surface area (Å²) in [5.41, 5.74) is 7.55. The lowest BCUT2D eigenvalue weighted by molar-refractivity contribution is -0.140. The van der Waals surface area contributed by atoms with Crippen LogP contribution in [-0.4, -0.2) is 36.4 Å². The number of rotatable bonds is 7. The van der Waals surface area contributed by atoms with Crippen molar-refractivity contribution in [3.05, 3.63) is 101 Å². The Morgan fingerprint density at radius 3 is 2.32 bits per heavy atom. The molecular weight excluding hydrogens is 591 g/mol. The van der Waals surface area contributed by atoms with Gasteiger partial charge in [-0.25, -0.2) is 9.67 Å². The van der Waals surface area contributed by atoms with Crippen LogP contribution in [0.3, 0.4) is 0 Å². The predicted molar refractivity (Wildman–Crippen MR) is 162 cm³/mol. The number of halogens is 3. The number of amides is 2. The van der Waals surface area contributed by atoms with Gasteiger partial charge in [-0.2, -0.15) is 23.4 Å². The number of hydrogen-bond donors (Lipinski definition) is 2. The number of nitrogens with one attached hydrogen (secondary N) is 1. The molecule has 0 radical (unpaired) electrons. The molecule has 6 aromatic rings. The minimum Gasteiger partial charge on any atom is -0.365 e. The zero-order valence-electron chi connectivity index (χ0n) is 23.4. The van der Waals surface area contributed by atoms with Crippen LogP contribution in [-0.2, 0) is 12.7 Å². The van der Waals surface area contributed by atoms with E-state index in [-0.39, 0.29) is 31.9 Å². The summed E-state index contributed by atoms with van der Waals surface area (Å²) in [5, 5.41) is 11.9. The molecule has 0 atom stereocenters. The third-order valence-corrected chi connectivity index (χ3v) is 8.23. The number of pyridine rings is 1. The lowest BCUT2D eigenvalue weighted by Gasteiger charge is -2.12. The monoisotopic (exact) mass is 615 g/mol. The van der Waals surface area contributed by atoms with Gasteiger partial charge in [-0.15, -0.1) is 11.3 Å². The number of carbonyl (C=O) groups is 2. The van der Waals surface area contributed by atoms with Crippen molar-refractivity contribution in [2.75, 3.05) is 5.32 Å². The van der Waals surface area contributed by atoms with Gasteiger partial charge >= 0.3 is 6.18 Å². The summed E-state index contributed by atoms with van der Waals surface area (Å²) in [5.74, 6) is -1.56. The van der Waals surface area contributed by atoms with E-state index in [1.54, 1.807) is 34.6 Å². The number of alkyl halides is 3. The molecule has 2 aromatic carbocycles. The Balaban J connectivity index is 1.56. The Kier molecular flexibility index (Phi) is 7.25. The summed E-state index contributed by atoms with van der Waals surface area (Å²) in [7, 11) is 0. The van der Waals surface area contributed by atoms with Crippen LogP contribution in [0.2, 0.25) is 0 Å². The number of fused-ring (bicyclic) bond motifs is 1. The molecule has 3 N–H and O–H groups in total. The van der Waals surface area contributed by atoms with Crippen molar-refractivity contribution < 1.29 is 22.8 Å². The zero-order valence-corrected chi connectivity index (χ0v) is 24.2. The number of nitrogens with zero attached hydrogens (tertiary/aromatic N) is 5. The van der Waals surface area contributed by atoms with Crippen LogP contribution >= 0.6 is 11.3 Å². The minimum atomic E-state index is -4.77. The topological polar surface area (TPSA) is 121 Å². The Morgan fingerprint density at radius 1 is 1.02 bits per heavy atom. The second-order valence-corrected chi connectivity index (χ2v) is 10.9. The lowest BCUT2D eigenvalue weighted by Crippen LogP contribution is -2.17. The molecule has 0 saturated carbocycles. The van der Waals surface area contributed by atoms with E-state index in [0.29, 0.717) is 46.1 Å². The van der Waals surface area contributed by atoms with Gasteiger partial charge in [0.25, 0.3) is 11.8 Å². The lowest BCUT2D eigenvalue weighted by atomic mass is 10.0. The van der Waals surface area contributed by atoms with E-state index >= 15 is 0 Å². The van der Waals surface area contributed by atoms with Crippen molar-refractivity contribution in [2.45, 2.75) is 26.6 Å². The maximum absolute atomic E-state index is 14.0. The van der Waals surface area contributed by atoms with Gasteiger partial charge in [0.2, 0.25) is 0 Å². The number of hydrogen-bond acceptors (Lipinski definition) is 6. The fourth-order valence-corrected chi connectivity index (χ4v) is 6.03. The summed E-state index contributed by atoms with van der Waals surface area (Å²) in [6.07, 6.45) is -1.76. The molecule has 2 amide bonds. The zero-order chi connectivity index (χ0) is 31.2. The quantitative estimate of drug-likeness (QED) is 0.207. The molecule has 9 nitrogen and oxygen atoms in total. The molecular formula is C31H24F3N7O2S. The SMILES string of the molecule is CCn1ncc(-c2cc(C(F)(F)F)nc3sc(C(N)=O)c(NC(=O)c4cn(-c5ccccc5)nc4-c4ccccc4)c23)c1C. The van der Waals surface area contributed by atoms with Gasteiger partial charge in [0.05, 0.1) is 23.1 Å². The van der Waals surface area contributed by atoms with Crippen LogP contribution in [0.5, 0.6) is 0 Å². The van der Waals surface area contributed by atoms with Gasteiger partial charge in [0, 0.05) is 34.9 Å². The number of thiophene rings is 1. The van der Waals surface area contributed by atoms with Crippen LogP contribution in [0, 0.1) is 6.92 Å². The van der Waals surface area contributed by atoms with Crippen molar-refractivity contribution in [3.8, 4) is 28.1 Å². The molecule has 4 heterocycles. The third kappa shape index (κ3) is 5.11. The van der Waals surface area contributed by atoms with E-state index in [2.05, 4.69) is 20.5 Å². The molecule has 0 saturated heterocycles. The normalized spacial score (nSPS) is 11.7. The standard InChI is InChI=1S/C31H24F3N7O2S/c1-3-40-17(2)21(15-36-40)20-14-23(31(32,33)34)37-30-24(20)26(27(44-30)28(35)42)38-29(43)22-16-41(19-12-8-5-9-13-19)39-25(22)18-10-6-4-7-11-18/h4-16H,3H2,1-2H3,(H2,35,42)(H,38,43). The highest BCUT2D eigenvalue weighted by Crippen LogP contribution is 2.44. The van der Waals surface area contributed by atoms with Gasteiger partial charge in [-0.3, -0.25) is 14.3 Å². The van der Waals surface area contributed by atoms with Crippen molar-refractivity contribution in [2.24, 2.45) is 5.73 Å². The molecule has 13 heteroatoms. The van der Waals surface area contributed by atoms with Crippen LogP contribution in [0.25, 0.3) is 38.3 Å². The average molecular weight is 616 g/mol. The van der Waals surface area contributed by atoms with Crippen molar-refractivity contribution in [1.29, 1.82) is 0 Å². The summed E-state index contributed by atoms with van der Waals surface area (Å²) in [4.78, 5) is 30.3. The van der Waals surface area contributed by atoms with Crippen molar-refractivity contribution >= 4 is 39.1 Å². The maximum Gasteiger partial charge on any atom is 0.433 e. The Bertz CT molecular complexity index is 2030. The number of nitrogens with two attached hydrogens (primary N) is 1. The molecule has 0 fully saturated rings. The summed E-state index contributed by atoms with van der Waals surface area (Å²) in [6.45, 7) is 4.07. The van der Waals surface area contributed by atoms with Crippen LogP contribution in [0.1, 0.15) is 38.3 Å². The van der Waals surface area contributed by atoms with Crippen LogP contribution in [0.4, 0.5) is 18.9 Å². The van der Waals surface area contributed by atoms with E-state index in [0.717, 1.165) is 6.07 Å². The molecule has 0 spiro atoms. The van der Waals surface area contributed by atoms with Crippen molar-refractivity contribution in [3.63, 3.8) is 0 Å². The van der Waals surface area contributed by atoms with Gasteiger partial charge in [0.1, 0.15) is 21.1 Å². The molecule has 0 aliphatic heterocycles. The Labute approximate surface area is 252 Å². The first-order valence-electron chi connectivity index (χ1n) is 13.5. The molecule has 0 unspecified atom stereocenters. The molecule has 0 bridgehead atoms. The van der Waals surface area contributed by atoms with Crippen LogP contribution in [0.15, 0.2) is 79.1 Å². The first kappa shape index (κ1) is 28.8. The number of aryl methyl sites for hydroxylation is 1. The summed E-state index contributed by atoms with van der Waals surface area (Å²) < 4.78 is 45.1. The number of para-hydroxylation sites is 1. The largest absolute Gasteiger partial charge is 0.433 e. The van der Waals surface area contributed by atoms with Crippen LogP contribution < -0.4 is 11.1 Å². The highest BCUT2D eigenvalue weighted by molar-refractivity contribution is 7.21. The maximum atomic E-state index is 14.0. The number of aromatic nitrogens is 5. The summed E-state index contributed by atoms with van der Waals surface area (Å²) >= 11 is 0.681. The molecule has 4 aromatic heterocycles. The van der Waals surface area contributed by atoms with E-state index < -0.39 is 23.7 Å². The highest BCUT2D eigenvalue weighted by atomic mass is 32.1. The number of primary amides is 1. The second kappa shape index (κ2) is 11.1. The fraction of sp³-hybridized carbons (Fsp3) is 0.129. The van der Waals surface area contributed by atoms with Gasteiger partial charge in [-0.05, 0) is 37.6 Å². The number of benzene rings is 2. The van der Waals surface area contributed by atoms with E-state index in [1.807, 2.05) is 55.5 Å². The fourth-order valence-electron chi connectivity index (χ4n) is 5.02. The molecule has 44 heavy (non-hydrogen) atoms. The predicted octanol–water partition coefficient (Wildman–Crippen LogP) is 6.71. The second-order valence-electron chi connectivity index (χ2n) is 9.85. The number of carbonyl (C=O) groups excluding carboxylic acids is 2. The molecule has 0 aliphatic rings. The Hall–Kier alpha value is -5.30. The van der Waals surface area contributed by atoms with Gasteiger partial charge in [-0.1, -0.05) is 48.5 Å².